The number of nitrogens with zero attached hydrogens (tertiary/aromatic N) is 3. The number of amides is 1. The zero-order valence-corrected chi connectivity index (χ0v) is 15.3. The minimum atomic E-state index is -0.333. The van der Waals surface area contributed by atoms with E-state index in [2.05, 4.69) is 21.6 Å². The van der Waals surface area contributed by atoms with Gasteiger partial charge in [0, 0.05) is 18.5 Å². The summed E-state index contributed by atoms with van der Waals surface area (Å²) in [5.41, 5.74) is 6.71. The highest BCUT2D eigenvalue weighted by Crippen LogP contribution is 2.16. The van der Waals surface area contributed by atoms with Gasteiger partial charge in [-0.3, -0.25) is 14.2 Å². The molecule has 4 rings (SSSR count). The van der Waals surface area contributed by atoms with Crippen molar-refractivity contribution in [2.75, 3.05) is 0 Å². The monoisotopic (exact) mass is 360 g/mol. The van der Waals surface area contributed by atoms with E-state index in [0.717, 1.165) is 29.8 Å². The molecule has 2 heterocycles. The number of rotatable bonds is 3. The Balaban J connectivity index is 1.57. The van der Waals surface area contributed by atoms with Gasteiger partial charge in [-0.2, -0.15) is 5.10 Å². The first-order valence-electron chi connectivity index (χ1n) is 8.97. The van der Waals surface area contributed by atoms with Gasteiger partial charge < -0.3 is 0 Å². The standard InChI is InChI=1S/C21H20N4O2/c1-13-5-6-16(14(2)10-13)12-22-24-20(26)15-7-8-17-18(11-15)23-19-4-3-9-25(19)21(17)27/h5-8,10-12H,3-4,9H2,1-2H3,(H,24,26)/b22-12-. The molecule has 0 fully saturated rings. The number of fused-ring (bicyclic) bond motifs is 2. The summed E-state index contributed by atoms with van der Waals surface area (Å²) >= 11 is 0. The van der Waals surface area contributed by atoms with Crippen LogP contribution in [0, 0.1) is 13.8 Å². The number of benzene rings is 2. The molecule has 6 nitrogen and oxygen atoms in total. The molecule has 1 aromatic heterocycles. The molecule has 0 saturated heterocycles. The summed E-state index contributed by atoms with van der Waals surface area (Å²) in [6.45, 7) is 4.75. The highest BCUT2D eigenvalue weighted by molar-refractivity contribution is 5.98. The minimum absolute atomic E-state index is 0.0349. The Morgan fingerprint density at radius 3 is 2.89 bits per heavy atom. The third-order valence-corrected chi connectivity index (χ3v) is 4.87. The van der Waals surface area contributed by atoms with Crippen LogP contribution in [-0.2, 0) is 13.0 Å². The normalized spacial score (nSPS) is 13.3. The van der Waals surface area contributed by atoms with Crippen LogP contribution in [0.1, 0.15) is 39.3 Å². The number of nitrogens with one attached hydrogen (secondary N) is 1. The maximum absolute atomic E-state index is 12.5. The first-order valence-corrected chi connectivity index (χ1v) is 8.97. The van der Waals surface area contributed by atoms with Gasteiger partial charge in [0.25, 0.3) is 11.5 Å². The molecule has 0 bridgehead atoms. The molecule has 1 aliphatic rings. The summed E-state index contributed by atoms with van der Waals surface area (Å²) in [6, 6.07) is 11.0. The Labute approximate surface area is 156 Å². The summed E-state index contributed by atoms with van der Waals surface area (Å²) in [6.07, 6.45) is 3.35. The lowest BCUT2D eigenvalue weighted by Crippen LogP contribution is -2.22. The van der Waals surface area contributed by atoms with Crippen LogP contribution in [0.3, 0.4) is 0 Å². The largest absolute Gasteiger partial charge is 0.296 e. The van der Waals surface area contributed by atoms with Crippen molar-refractivity contribution < 1.29 is 4.79 Å². The molecule has 0 saturated carbocycles. The van der Waals surface area contributed by atoms with Crippen LogP contribution >= 0.6 is 0 Å². The second-order valence-electron chi connectivity index (χ2n) is 6.88. The Morgan fingerprint density at radius 1 is 1.22 bits per heavy atom. The van der Waals surface area contributed by atoms with Gasteiger partial charge >= 0.3 is 0 Å². The topological polar surface area (TPSA) is 76.3 Å². The Bertz CT molecular complexity index is 1140. The van der Waals surface area contributed by atoms with Gasteiger partial charge in [0.15, 0.2) is 0 Å². The van der Waals surface area contributed by atoms with Crippen molar-refractivity contribution in [1.82, 2.24) is 15.0 Å². The lowest BCUT2D eigenvalue weighted by atomic mass is 10.1. The fraction of sp³-hybridized carbons (Fsp3) is 0.238. The maximum atomic E-state index is 12.5. The lowest BCUT2D eigenvalue weighted by molar-refractivity contribution is 0.0955. The smallest absolute Gasteiger partial charge is 0.271 e. The molecule has 0 spiro atoms. The van der Waals surface area contributed by atoms with E-state index in [1.165, 1.54) is 5.56 Å². The van der Waals surface area contributed by atoms with Crippen LogP contribution in [0.2, 0.25) is 0 Å². The average molecular weight is 360 g/mol. The van der Waals surface area contributed by atoms with Crippen LogP contribution in [0.4, 0.5) is 0 Å². The number of aryl methyl sites for hydroxylation is 3. The molecule has 2 aromatic carbocycles. The number of aromatic nitrogens is 2. The molecule has 136 valence electrons. The third-order valence-electron chi connectivity index (χ3n) is 4.87. The van der Waals surface area contributed by atoms with Crippen LogP contribution in [0.5, 0.6) is 0 Å². The molecular formula is C21H20N4O2. The Kier molecular flexibility index (Phi) is 4.32. The van der Waals surface area contributed by atoms with Gasteiger partial charge in [0.1, 0.15) is 5.82 Å². The molecule has 1 aliphatic heterocycles. The second kappa shape index (κ2) is 6.79. The van der Waals surface area contributed by atoms with Crippen LogP contribution in [0.15, 0.2) is 46.3 Å². The highest BCUT2D eigenvalue weighted by Gasteiger charge is 2.17. The van der Waals surface area contributed by atoms with Gasteiger partial charge in [-0.1, -0.05) is 23.8 Å². The van der Waals surface area contributed by atoms with E-state index in [9.17, 15) is 9.59 Å². The lowest BCUT2D eigenvalue weighted by Gasteiger charge is -2.06. The predicted octanol–water partition coefficient (Wildman–Crippen LogP) is 2.72. The number of hydrogen-bond donors (Lipinski definition) is 1. The van der Waals surface area contributed by atoms with Gasteiger partial charge in [-0.15, -0.1) is 0 Å². The second-order valence-corrected chi connectivity index (χ2v) is 6.88. The quantitative estimate of drug-likeness (QED) is 0.576. The molecule has 27 heavy (non-hydrogen) atoms. The number of carbonyl (C=O) groups is 1. The molecule has 0 aliphatic carbocycles. The molecular weight excluding hydrogens is 340 g/mol. The van der Waals surface area contributed by atoms with E-state index < -0.39 is 0 Å². The number of hydrogen-bond acceptors (Lipinski definition) is 4. The summed E-state index contributed by atoms with van der Waals surface area (Å²) in [4.78, 5) is 29.4. The minimum Gasteiger partial charge on any atom is -0.296 e. The molecule has 0 radical (unpaired) electrons. The Hall–Kier alpha value is -3.28. The van der Waals surface area contributed by atoms with Gasteiger partial charge in [-0.25, -0.2) is 10.4 Å². The van der Waals surface area contributed by atoms with Crippen molar-refractivity contribution in [2.45, 2.75) is 33.2 Å². The van der Waals surface area contributed by atoms with E-state index >= 15 is 0 Å². The first-order chi connectivity index (χ1) is 13.0. The first kappa shape index (κ1) is 17.1. The van der Waals surface area contributed by atoms with Crippen molar-refractivity contribution in [2.24, 2.45) is 5.10 Å². The molecule has 0 unspecified atom stereocenters. The zero-order valence-electron chi connectivity index (χ0n) is 15.3. The van der Waals surface area contributed by atoms with Crippen molar-refractivity contribution in [3.05, 3.63) is 74.8 Å². The van der Waals surface area contributed by atoms with Crippen LogP contribution in [-0.4, -0.2) is 21.7 Å². The highest BCUT2D eigenvalue weighted by atomic mass is 16.2. The summed E-state index contributed by atoms with van der Waals surface area (Å²) < 4.78 is 1.72. The predicted molar refractivity (Wildman–Crippen MR) is 105 cm³/mol. The SMILES string of the molecule is Cc1ccc(/C=N\NC(=O)c2ccc3c(=O)n4c(nc3c2)CCC4)c(C)c1. The van der Waals surface area contributed by atoms with Gasteiger partial charge in [-0.05, 0) is 49.6 Å². The van der Waals surface area contributed by atoms with E-state index in [0.29, 0.717) is 23.0 Å². The number of carbonyl (C=O) groups excluding carboxylic acids is 1. The molecule has 1 amide bonds. The maximum Gasteiger partial charge on any atom is 0.271 e. The molecule has 6 heteroatoms. The third kappa shape index (κ3) is 3.26. The zero-order chi connectivity index (χ0) is 19.0. The van der Waals surface area contributed by atoms with Crippen molar-refractivity contribution in [3.63, 3.8) is 0 Å². The van der Waals surface area contributed by atoms with E-state index in [-0.39, 0.29) is 11.5 Å². The van der Waals surface area contributed by atoms with Crippen molar-refractivity contribution >= 4 is 23.0 Å². The fourth-order valence-corrected chi connectivity index (χ4v) is 3.42. The van der Waals surface area contributed by atoms with Gasteiger partial charge in [0.2, 0.25) is 0 Å². The molecule has 3 aromatic rings. The summed E-state index contributed by atoms with van der Waals surface area (Å²) in [7, 11) is 0. The molecule has 1 N–H and O–H groups in total. The van der Waals surface area contributed by atoms with E-state index in [4.69, 9.17) is 0 Å². The van der Waals surface area contributed by atoms with Crippen LogP contribution in [0.25, 0.3) is 10.9 Å². The fourth-order valence-electron chi connectivity index (χ4n) is 3.42. The van der Waals surface area contributed by atoms with Crippen molar-refractivity contribution in [1.29, 1.82) is 0 Å². The number of hydrazone groups is 1. The van der Waals surface area contributed by atoms with E-state index in [1.807, 2.05) is 26.0 Å². The molecule has 0 atom stereocenters. The summed E-state index contributed by atoms with van der Waals surface area (Å²) in [5.74, 6) is 0.457. The average Bonchev–Trinajstić information content (AvgIpc) is 3.12. The summed E-state index contributed by atoms with van der Waals surface area (Å²) in [5, 5.41) is 4.59. The van der Waals surface area contributed by atoms with Gasteiger partial charge in [0.05, 0.1) is 17.1 Å². The van der Waals surface area contributed by atoms with Crippen LogP contribution < -0.4 is 11.0 Å². The van der Waals surface area contributed by atoms with Crippen molar-refractivity contribution in [3.8, 4) is 0 Å². The Morgan fingerprint density at radius 2 is 2.07 bits per heavy atom. The van der Waals surface area contributed by atoms with E-state index in [1.54, 1.807) is 29.0 Å².